The summed E-state index contributed by atoms with van der Waals surface area (Å²) in [5, 5.41) is 3.41. The van der Waals surface area contributed by atoms with Crippen molar-refractivity contribution in [3.05, 3.63) is 0 Å². The summed E-state index contributed by atoms with van der Waals surface area (Å²) >= 11 is 0. The van der Waals surface area contributed by atoms with Gasteiger partial charge >= 0.3 is 0 Å². The number of rotatable bonds is 5. The molecule has 0 bridgehead atoms. The highest BCUT2D eigenvalue weighted by Crippen LogP contribution is 2.30. The quantitative estimate of drug-likeness (QED) is 0.772. The highest BCUT2D eigenvalue weighted by atomic mass is 15.1. The lowest BCUT2D eigenvalue weighted by atomic mass is 9.82. The maximum atomic E-state index is 3.41. The minimum atomic E-state index is 0.788. The van der Waals surface area contributed by atoms with Crippen LogP contribution in [0.1, 0.15) is 51.4 Å². The Morgan fingerprint density at radius 2 is 1.75 bits per heavy atom. The zero-order valence-electron chi connectivity index (χ0n) is 11.0. The van der Waals surface area contributed by atoms with Crippen LogP contribution in [0.2, 0.25) is 0 Å². The van der Waals surface area contributed by atoms with Gasteiger partial charge in [0.05, 0.1) is 0 Å². The van der Waals surface area contributed by atoms with Crippen LogP contribution >= 0.6 is 0 Å². The zero-order valence-corrected chi connectivity index (χ0v) is 11.0. The van der Waals surface area contributed by atoms with E-state index in [0.29, 0.717) is 0 Å². The molecule has 1 N–H and O–H groups in total. The van der Waals surface area contributed by atoms with Gasteiger partial charge in [0.15, 0.2) is 0 Å². The van der Waals surface area contributed by atoms with E-state index < -0.39 is 0 Å². The third-order valence-electron chi connectivity index (χ3n) is 4.84. The molecule has 2 nitrogen and oxygen atoms in total. The average Bonchev–Trinajstić information content (AvgIpc) is 2.27. The fourth-order valence-corrected chi connectivity index (χ4v) is 3.16. The first-order chi connectivity index (χ1) is 7.79. The van der Waals surface area contributed by atoms with Crippen LogP contribution in [-0.2, 0) is 0 Å². The topological polar surface area (TPSA) is 15.3 Å². The van der Waals surface area contributed by atoms with E-state index in [-0.39, 0.29) is 0 Å². The molecule has 2 fully saturated rings. The first kappa shape index (κ1) is 12.4. The molecule has 0 aromatic rings. The van der Waals surface area contributed by atoms with Crippen molar-refractivity contribution in [3.63, 3.8) is 0 Å². The molecule has 2 rings (SSSR count). The Kier molecular flexibility index (Phi) is 4.66. The van der Waals surface area contributed by atoms with Crippen molar-refractivity contribution >= 4 is 0 Å². The maximum absolute atomic E-state index is 3.41. The van der Waals surface area contributed by atoms with Crippen molar-refractivity contribution in [3.8, 4) is 0 Å². The van der Waals surface area contributed by atoms with E-state index in [2.05, 4.69) is 24.3 Å². The summed E-state index contributed by atoms with van der Waals surface area (Å²) in [4.78, 5) is 2.63. The SMILES string of the molecule is CNC1CCC(N(C)CCC2CCC2)CC1. The van der Waals surface area contributed by atoms with E-state index in [1.807, 2.05) is 0 Å². The van der Waals surface area contributed by atoms with Crippen LogP contribution in [0, 0.1) is 5.92 Å². The second kappa shape index (κ2) is 6.02. The van der Waals surface area contributed by atoms with Crippen molar-refractivity contribution < 1.29 is 0 Å². The van der Waals surface area contributed by atoms with E-state index in [1.165, 1.54) is 57.9 Å². The number of hydrogen-bond donors (Lipinski definition) is 1. The molecule has 0 aromatic heterocycles. The summed E-state index contributed by atoms with van der Waals surface area (Å²) < 4.78 is 0. The van der Waals surface area contributed by atoms with Gasteiger partial charge in [-0.15, -0.1) is 0 Å². The van der Waals surface area contributed by atoms with Crippen molar-refractivity contribution in [1.29, 1.82) is 0 Å². The lowest BCUT2D eigenvalue weighted by Crippen LogP contribution is -2.40. The van der Waals surface area contributed by atoms with Crippen molar-refractivity contribution in [2.75, 3.05) is 20.6 Å². The largest absolute Gasteiger partial charge is 0.317 e. The smallest absolute Gasteiger partial charge is 0.00933 e. The summed E-state index contributed by atoms with van der Waals surface area (Å²) in [5.41, 5.74) is 0. The standard InChI is InChI=1S/C14H28N2/c1-15-13-6-8-14(9-7-13)16(2)11-10-12-4-3-5-12/h12-15H,3-11H2,1-2H3. The molecule has 2 aliphatic rings. The van der Waals surface area contributed by atoms with Gasteiger partial charge in [0.25, 0.3) is 0 Å². The predicted octanol–water partition coefficient (Wildman–Crippen LogP) is 2.64. The molecule has 0 aliphatic heterocycles. The summed E-state index contributed by atoms with van der Waals surface area (Å²) in [6, 6.07) is 1.65. The molecule has 0 saturated heterocycles. The van der Waals surface area contributed by atoms with Gasteiger partial charge in [0, 0.05) is 12.1 Å². The number of nitrogens with one attached hydrogen (secondary N) is 1. The molecule has 0 spiro atoms. The van der Waals surface area contributed by atoms with E-state index in [1.54, 1.807) is 0 Å². The lowest BCUT2D eigenvalue weighted by molar-refractivity contribution is 0.154. The molecular formula is C14H28N2. The van der Waals surface area contributed by atoms with Crippen LogP contribution in [0.25, 0.3) is 0 Å². The van der Waals surface area contributed by atoms with Gasteiger partial charge in [0.2, 0.25) is 0 Å². The molecule has 94 valence electrons. The normalized spacial score (nSPS) is 31.7. The van der Waals surface area contributed by atoms with Crippen LogP contribution in [0.15, 0.2) is 0 Å². The van der Waals surface area contributed by atoms with Crippen LogP contribution < -0.4 is 5.32 Å². The fourth-order valence-electron chi connectivity index (χ4n) is 3.16. The molecule has 2 saturated carbocycles. The van der Waals surface area contributed by atoms with Gasteiger partial charge < -0.3 is 10.2 Å². The van der Waals surface area contributed by atoms with E-state index in [9.17, 15) is 0 Å². The van der Waals surface area contributed by atoms with Crippen LogP contribution in [0.4, 0.5) is 0 Å². The maximum Gasteiger partial charge on any atom is 0.00933 e. The van der Waals surface area contributed by atoms with Gasteiger partial charge in [-0.05, 0) is 58.7 Å². The van der Waals surface area contributed by atoms with Crippen LogP contribution in [-0.4, -0.2) is 37.6 Å². The zero-order chi connectivity index (χ0) is 11.4. The number of nitrogens with zero attached hydrogens (tertiary/aromatic N) is 1. The highest BCUT2D eigenvalue weighted by molar-refractivity contribution is 4.81. The lowest BCUT2D eigenvalue weighted by Gasteiger charge is -2.36. The molecular weight excluding hydrogens is 196 g/mol. The Labute approximate surface area is 101 Å². The van der Waals surface area contributed by atoms with Gasteiger partial charge in [-0.2, -0.15) is 0 Å². The summed E-state index contributed by atoms with van der Waals surface area (Å²) in [7, 11) is 4.44. The van der Waals surface area contributed by atoms with Gasteiger partial charge in [-0.1, -0.05) is 19.3 Å². The van der Waals surface area contributed by atoms with Gasteiger partial charge in [-0.25, -0.2) is 0 Å². The minimum Gasteiger partial charge on any atom is -0.317 e. The van der Waals surface area contributed by atoms with E-state index in [4.69, 9.17) is 0 Å². The Morgan fingerprint density at radius 1 is 1.06 bits per heavy atom. The Morgan fingerprint density at radius 3 is 2.25 bits per heavy atom. The molecule has 0 atom stereocenters. The van der Waals surface area contributed by atoms with Gasteiger partial charge in [-0.3, -0.25) is 0 Å². The molecule has 0 aromatic carbocycles. The summed E-state index contributed by atoms with van der Waals surface area (Å²) in [5.74, 6) is 1.07. The molecule has 2 aliphatic carbocycles. The third-order valence-corrected chi connectivity index (χ3v) is 4.84. The van der Waals surface area contributed by atoms with E-state index in [0.717, 1.165) is 18.0 Å². The molecule has 16 heavy (non-hydrogen) atoms. The van der Waals surface area contributed by atoms with Crippen molar-refractivity contribution in [2.24, 2.45) is 5.92 Å². The average molecular weight is 224 g/mol. The molecule has 0 amide bonds. The monoisotopic (exact) mass is 224 g/mol. The van der Waals surface area contributed by atoms with Crippen LogP contribution in [0.5, 0.6) is 0 Å². The van der Waals surface area contributed by atoms with Gasteiger partial charge in [0.1, 0.15) is 0 Å². The first-order valence-corrected chi connectivity index (χ1v) is 7.17. The molecule has 0 radical (unpaired) electrons. The second-order valence-corrected chi connectivity index (χ2v) is 5.86. The van der Waals surface area contributed by atoms with Crippen LogP contribution in [0.3, 0.4) is 0 Å². The molecule has 2 heteroatoms. The Bertz CT molecular complexity index is 193. The Balaban J connectivity index is 1.63. The van der Waals surface area contributed by atoms with Crippen molar-refractivity contribution in [1.82, 2.24) is 10.2 Å². The minimum absolute atomic E-state index is 0.788. The summed E-state index contributed by atoms with van der Waals surface area (Å²) in [6.45, 7) is 1.33. The molecule has 0 unspecified atom stereocenters. The second-order valence-electron chi connectivity index (χ2n) is 5.86. The third kappa shape index (κ3) is 3.21. The molecule has 0 heterocycles. The van der Waals surface area contributed by atoms with Crippen molar-refractivity contribution in [2.45, 2.75) is 63.5 Å². The first-order valence-electron chi connectivity index (χ1n) is 7.17. The van der Waals surface area contributed by atoms with E-state index >= 15 is 0 Å². The predicted molar refractivity (Wildman–Crippen MR) is 69.7 cm³/mol. The Hall–Kier alpha value is -0.0800. The summed E-state index contributed by atoms with van der Waals surface area (Å²) in [6.07, 6.45) is 11.5. The fraction of sp³-hybridized carbons (Fsp3) is 1.00. The highest BCUT2D eigenvalue weighted by Gasteiger charge is 2.24. The number of hydrogen-bond acceptors (Lipinski definition) is 2.